The van der Waals surface area contributed by atoms with Crippen LogP contribution in [-0.4, -0.2) is 37.9 Å². The summed E-state index contributed by atoms with van der Waals surface area (Å²) >= 11 is 7.31. The highest BCUT2D eigenvalue weighted by Crippen LogP contribution is 2.26. The number of anilines is 1. The van der Waals surface area contributed by atoms with Gasteiger partial charge in [-0.25, -0.2) is 13.4 Å². The summed E-state index contributed by atoms with van der Waals surface area (Å²) in [5.74, 6) is 0. The minimum absolute atomic E-state index is 0. The van der Waals surface area contributed by atoms with E-state index in [2.05, 4.69) is 28.5 Å². The van der Waals surface area contributed by atoms with Gasteiger partial charge in [-0.3, -0.25) is 4.72 Å². The van der Waals surface area contributed by atoms with E-state index in [9.17, 15) is 8.42 Å². The maximum atomic E-state index is 12.5. The largest absolute Gasteiger partial charge is 0.303 e. The fraction of sp³-hybridized carbons (Fsp3) is 0.438. The maximum absolute atomic E-state index is 12.5. The van der Waals surface area contributed by atoms with Gasteiger partial charge in [0.1, 0.15) is 0 Å². The van der Waals surface area contributed by atoms with Crippen LogP contribution in [0.4, 0.5) is 5.13 Å². The summed E-state index contributed by atoms with van der Waals surface area (Å²) in [5, 5.41) is 2.70. The molecule has 0 aliphatic heterocycles. The standard InChI is InChI=1S/C16H22ClN3O2S2.ClH/c1-4-20(5-2)10-9-13-11-23-16(18-13)19-24(21,22)15-8-6-7-14(17)12(15)3;/h6-8,11H,4-5,9-10H2,1-3H3,(H,18,19);1H. The number of nitrogens with one attached hydrogen (secondary N) is 1. The number of rotatable bonds is 8. The molecule has 0 aliphatic rings. The van der Waals surface area contributed by atoms with Crippen molar-refractivity contribution in [1.29, 1.82) is 0 Å². The van der Waals surface area contributed by atoms with Crippen molar-refractivity contribution in [2.45, 2.75) is 32.1 Å². The van der Waals surface area contributed by atoms with Crippen LogP contribution in [0.5, 0.6) is 0 Å². The van der Waals surface area contributed by atoms with Crippen LogP contribution in [0.25, 0.3) is 0 Å². The number of hydrogen-bond donors (Lipinski definition) is 1. The van der Waals surface area contributed by atoms with Crippen LogP contribution < -0.4 is 4.72 Å². The molecule has 1 heterocycles. The molecule has 25 heavy (non-hydrogen) atoms. The van der Waals surface area contributed by atoms with Crippen molar-refractivity contribution in [3.05, 3.63) is 39.9 Å². The van der Waals surface area contributed by atoms with Gasteiger partial charge < -0.3 is 4.90 Å². The quantitative estimate of drug-likeness (QED) is 0.690. The molecule has 0 bridgehead atoms. The summed E-state index contributed by atoms with van der Waals surface area (Å²) in [7, 11) is -3.69. The van der Waals surface area contributed by atoms with E-state index in [0.29, 0.717) is 15.7 Å². The third-order valence-corrected chi connectivity index (χ3v) is 6.69. The molecule has 0 amide bonds. The minimum Gasteiger partial charge on any atom is -0.303 e. The Kier molecular flexibility index (Phi) is 8.63. The first-order valence-electron chi connectivity index (χ1n) is 7.82. The maximum Gasteiger partial charge on any atom is 0.263 e. The van der Waals surface area contributed by atoms with Crippen molar-refractivity contribution in [2.24, 2.45) is 0 Å². The predicted molar refractivity (Wildman–Crippen MR) is 108 cm³/mol. The SMILES string of the molecule is CCN(CC)CCc1csc(NS(=O)(=O)c2cccc(Cl)c2C)n1.Cl. The zero-order valence-electron chi connectivity index (χ0n) is 14.5. The molecule has 0 unspecified atom stereocenters. The van der Waals surface area contributed by atoms with Crippen LogP contribution >= 0.6 is 35.3 Å². The van der Waals surface area contributed by atoms with Gasteiger partial charge in [-0.2, -0.15) is 0 Å². The molecular weight excluding hydrogens is 401 g/mol. The molecule has 1 aromatic heterocycles. The molecule has 2 aromatic rings. The average Bonchev–Trinajstić information content (AvgIpc) is 2.97. The Morgan fingerprint density at radius 2 is 1.96 bits per heavy atom. The summed E-state index contributed by atoms with van der Waals surface area (Å²) in [6, 6.07) is 4.84. The van der Waals surface area contributed by atoms with Crippen LogP contribution in [0.15, 0.2) is 28.5 Å². The monoisotopic (exact) mass is 423 g/mol. The molecule has 1 aromatic carbocycles. The molecule has 1 N–H and O–H groups in total. The van der Waals surface area contributed by atoms with Gasteiger partial charge in [0, 0.05) is 23.4 Å². The summed E-state index contributed by atoms with van der Waals surface area (Å²) in [5.41, 5.74) is 1.43. The number of nitrogens with zero attached hydrogens (tertiary/aromatic N) is 2. The van der Waals surface area contributed by atoms with E-state index in [1.807, 2.05) is 5.38 Å². The van der Waals surface area contributed by atoms with Crippen LogP contribution in [0.1, 0.15) is 25.1 Å². The molecule has 0 radical (unpaired) electrons. The number of thiazole rings is 1. The molecule has 0 atom stereocenters. The molecule has 140 valence electrons. The highest BCUT2D eigenvalue weighted by Gasteiger charge is 2.19. The summed E-state index contributed by atoms with van der Waals surface area (Å²) in [6.45, 7) is 8.84. The van der Waals surface area contributed by atoms with Gasteiger partial charge >= 0.3 is 0 Å². The van der Waals surface area contributed by atoms with E-state index >= 15 is 0 Å². The molecule has 0 saturated carbocycles. The normalized spacial score (nSPS) is 11.4. The number of halogens is 2. The van der Waals surface area contributed by atoms with E-state index in [0.717, 1.165) is 31.7 Å². The smallest absolute Gasteiger partial charge is 0.263 e. The summed E-state index contributed by atoms with van der Waals surface area (Å²) in [4.78, 5) is 6.86. The van der Waals surface area contributed by atoms with Crippen LogP contribution in [0, 0.1) is 6.92 Å². The van der Waals surface area contributed by atoms with E-state index < -0.39 is 10.0 Å². The highest BCUT2D eigenvalue weighted by atomic mass is 35.5. The van der Waals surface area contributed by atoms with Crippen molar-refractivity contribution < 1.29 is 8.42 Å². The Morgan fingerprint density at radius 3 is 2.60 bits per heavy atom. The van der Waals surface area contributed by atoms with E-state index in [4.69, 9.17) is 11.6 Å². The average molecular weight is 424 g/mol. The lowest BCUT2D eigenvalue weighted by atomic mass is 10.2. The fourth-order valence-corrected chi connectivity index (χ4v) is 4.83. The second-order valence-electron chi connectivity index (χ2n) is 5.39. The van der Waals surface area contributed by atoms with Gasteiger partial charge in [0.05, 0.1) is 10.6 Å². The first-order valence-corrected chi connectivity index (χ1v) is 10.6. The van der Waals surface area contributed by atoms with Gasteiger partial charge in [-0.1, -0.05) is 31.5 Å². The molecule has 0 spiro atoms. The second kappa shape index (κ2) is 9.73. The first kappa shape index (κ1) is 22.2. The Bertz CT molecular complexity index is 790. The predicted octanol–water partition coefficient (Wildman–Crippen LogP) is 4.21. The number of benzene rings is 1. The lowest BCUT2D eigenvalue weighted by Gasteiger charge is -2.16. The minimum atomic E-state index is -3.69. The zero-order chi connectivity index (χ0) is 17.7. The number of aromatic nitrogens is 1. The van der Waals surface area contributed by atoms with Crippen molar-refractivity contribution in [3.8, 4) is 0 Å². The zero-order valence-corrected chi connectivity index (χ0v) is 17.7. The Labute approximate surface area is 164 Å². The van der Waals surface area contributed by atoms with Crippen LogP contribution in [0.2, 0.25) is 5.02 Å². The molecule has 2 rings (SSSR count). The molecule has 0 fully saturated rings. The Hall–Kier alpha value is -0.860. The second-order valence-corrected chi connectivity index (χ2v) is 8.31. The molecule has 5 nitrogen and oxygen atoms in total. The third-order valence-electron chi connectivity index (χ3n) is 3.86. The molecule has 0 saturated heterocycles. The van der Waals surface area contributed by atoms with Gasteiger partial charge in [0.15, 0.2) is 5.13 Å². The number of likely N-dealkylation sites (N-methyl/N-ethyl adjacent to an activating group) is 1. The van der Waals surface area contributed by atoms with E-state index in [1.54, 1.807) is 25.1 Å². The lowest BCUT2D eigenvalue weighted by Crippen LogP contribution is -2.25. The van der Waals surface area contributed by atoms with Crippen molar-refractivity contribution in [3.63, 3.8) is 0 Å². The van der Waals surface area contributed by atoms with Gasteiger partial charge in [-0.15, -0.1) is 23.7 Å². The molecule has 9 heteroatoms. The highest BCUT2D eigenvalue weighted by molar-refractivity contribution is 7.93. The summed E-state index contributed by atoms with van der Waals surface area (Å²) in [6.07, 6.45) is 0.802. The Balaban J connectivity index is 0.00000312. The number of hydrogen-bond acceptors (Lipinski definition) is 5. The molecule has 0 aliphatic carbocycles. The lowest BCUT2D eigenvalue weighted by molar-refractivity contribution is 0.307. The van der Waals surface area contributed by atoms with Crippen molar-refractivity contribution >= 4 is 50.5 Å². The Morgan fingerprint density at radius 1 is 1.28 bits per heavy atom. The summed E-state index contributed by atoms with van der Waals surface area (Å²) < 4.78 is 27.6. The van der Waals surface area contributed by atoms with Crippen molar-refractivity contribution in [1.82, 2.24) is 9.88 Å². The van der Waals surface area contributed by atoms with E-state index in [-0.39, 0.29) is 17.3 Å². The van der Waals surface area contributed by atoms with Crippen LogP contribution in [-0.2, 0) is 16.4 Å². The fourth-order valence-electron chi connectivity index (χ4n) is 2.33. The van der Waals surface area contributed by atoms with Crippen molar-refractivity contribution in [2.75, 3.05) is 24.4 Å². The van der Waals surface area contributed by atoms with Gasteiger partial charge in [0.2, 0.25) is 0 Å². The van der Waals surface area contributed by atoms with E-state index in [1.165, 1.54) is 11.3 Å². The first-order chi connectivity index (χ1) is 11.4. The van der Waals surface area contributed by atoms with Gasteiger partial charge in [0.25, 0.3) is 10.0 Å². The molecular formula is C16H23Cl2N3O2S2. The topological polar surface area (TPSA) is 62.3 Å². The van der Waals surface area contributed by atoms with Gasteiger partial charge in [-0.05, 0) is 37.7 Å². The number of sulfonamides is 1. The third kappa shape index (κ3) is 5.82. The van der Waals surface area contributed by atoms with Crippen LogP contribution in [0.3, 0.4) is 0 Å².